The number of carbonyl (C=O) groups is 3. The predicted molar refractivity (Wildman–Crippen MR) is 90.7 cm³/mol. The molecule has 2 aliphatic heterocycles. The van der Waals surface area contributed by atoms with Crippen molar-refractivity contribution in [1.29, 1.82) is 0 Å². The monoisotopic (exact) mass is 362 g/mol. The fourth-order valence-electron chi connectivity index (χ4n) is 5.37. The van der Waals surface area contributed by atoms with Gasteiger partial charge in [-0.3, -0.25) is 9.59 Å². The van der Waals surface area contributed by atoms with E-state index < -0.39 is 23.5 Å². The van der Waals surface area contributed by atoms with Gasteiger partial charge in [0, 0.05) is 16.6 Å². The SMILES string of the molecule is CCC(C)C(=O)OC1CCC2CC3OC(=O)C(C)=C3C3OC(=O)C1C23C. The van der Waals surface area contributed by atoms with Crippen LogP contribution in [0.2, 0.25) is 0 Å². The van der Waals surface area contributed by atoms with E-state index >= 15 is 0 Å². The molecule has 2 aliphatic carbocycles. The second-order valence-electron chi connectivity index (χ2n) is 8.43. The van der Waals surface area contributed by atoms with Gasteiger partial charge in [-0.05, 0) is 38.5 Å². The maximum atomic E-state index is 12.8. The van der Waals surface area contributed by atoms with Crippen molar-refractivity contribution >= 4 is 17.9 Å². The van der Waals surface area contributed by atoms with Crippen molar-refractivity contribution in [3.05, 3.63) is 11.1 Å². The van der Waals surface area contributed by atoms with Gasteiger partial charge in [-0.25, -0.2) is 4.79 Å². The minimum absolute atomic E-state index is 0.185. The summed E-state index contributed by atoms with van der Waals surface area (Å²) >= 11 is 0. The third-order valence-corrected chi connectivity index (χ3v) is 7.17. The third kappa shape index (κ3) is 2.20. The van der Waals surface area contributed by atoms with Gasteiger partial charge in [0.15, 0.2) is 0 Å². The van der Waals surface area contributed by atoms with Crippen molar-refractivity contribution in [3.63, 3.8) is 0 Å². The van der Waals surface area contributed by atoms with Gasteiger partial charge in [-0.2, -0.15) is 0 Å². The zero-order chi connectivity index (χ0) is 18.8. The summed E-state index contributed by atoms with van der Waals surface area (Å²) in [6.45, 7) is 7.58. The molecular formula is C20H26O6. The second-order valence-corrected chi connectivity index (χ2v) is 8.43. The third-order valence-electron chi connectivity index (χ3n) is 7.17. The van der Waals surface area contributed by atoms with Crippen LogP contribution in [0.5, 0.6) is 0 Å². The molecule has 2 saturated carbocycles. The number of ether oxygens (including phenoxy) is 3. The highest BCUT2D eigenvalue weighted by atomic mass is 16.6. The molecule has 7 atom stereocenters. The topological polar surface area (TPSA) is 78.9 Å². The van der Waals surface area contributed by atoms with Crippen LogP contribution in [0.1, 0.15) is 53.4 Å². The first kappa shape index (κ1) is 17.6. The van der Waals surface area contributed by atoms with E-state index in [1.807, 2.05) is 13.8 Å². The molecule has 0 aromatic carbocycles. The van der Waals surface area contributed by atoms with Crippen LogP contribution in [0.25, 0.3) is 0 Å². The number of hydrogen-bond donors (Lipinski definition) is 0. The van der Waals surface area contributed by atoms with Gasteiger partial charge in [0.1, 0.15) is 24.2 Å². The van der Waals surface area contributed by atoms with Gasteiger partial charge in [0.25, 0.3) is 0 Å². The van der Waals surface area contributed by atoms with Crippen LogP contribution in [0.4, 0.5) is 0 Å². The molecular weight excluding hydrogens is 336 g/mol. The summed E-state index contributed by atoms with van der Waals surface area (Å²) in [5.41, 5.74) is 0.918. The van der Waals surface area contributed by atoms with Crippen LogP contribution < -0.4 is 0 Å². The lowest BCUT2D eigenvalue weighted by Crippen LogP contribution is -2.55. The van der Waals surface area contributed by atoms with E-state index in [4.69, 9.17) is 14.2 Å². The molecule has 0 aromatic heterocycles. The van der Waals surface area contributed by atoms with Crippen molar-refractivity contribution in [2.24, 2.45) is 23.2 Å². The van der Waals surface area contributed by atoms with Crippen LogP contribution in [0.15, 0.2) is 11.1 Å². The van der Waals surface area contributed by atoms with E-state index in [1.165, 1.54) is 0 Å². The van der Waals surface area contributed by atoms with Crippen LogP contribution in [-0.2, 0) is 28.6 Å². The summed E-state index contributed by atoms with van der Waals surface area (Å²) in [5, 5.41) is 0. The van der Waals surface area contributed by atoms with Crippen LogP contribution >= 0.6 is 0 Å². The number of rotatable bonds is 3. The molecule has 7 unspecified atom stereocenters. The summed E-state index contributed by atoms with van der Waals surface area (Å²) in [7, 11) is 0. The Hall–Kier alpha value is -1.85. The molecule has 142 valence electrons. The summed E-state index contributed by atoms with van der Waals surface area (Å²) in [4.78, 5) is 37.2. The number of hydrogen-bond acceptors (Lipinski definition) is 6. The van der Waals surface area contributed by atoms with Crippen molar-refractivity contribution in [2.45, 2.75) is 71.7 Å². The van der Waals surface area contributed by atoms with E-state index in [2.05, 4.69) is 6.92 Å². The molecule has 0 aromatic rings. The first-order valence-electron chi connectivity index (χ1n) is 9.61. The zero-order valence-electron chi connectivity index (χ0n) is 15.7. The molecule has 0 amide bonds. The standard InChI is InChI=1S/C20H26O6/c1-5-9(2)17(21)24-12-7-6-11-8-13-14(10(3)18(22)25-13)16-20(11,4)15(12)19(23)26-16/h9,11-13,15-16H,5-8H2,1-4H3. The normalized spacial score (nSPS) is 41.9. The quantitative estimate of drug-likeness (QED) is 0.567. The van der Waals surface area contributed by atoms with E-state index in [0.29, 0.717) is 24.8 Å². The Balaban J connectivity index is 1.68. The van der Waals surface area contributed by atoms with E-state index in [9.17, 15) is 14.4 Å². The number of esters is 3. The smallest absolute Gasteiger partial charge is 0.334 e. The number of fused-ring (bicyclic) bond motifs is 2. The Bertz CT molecular complexity index is 709. The first-order valence-corrected chi connectivity index (χ1v) is 9.61. The minimum Gasteiger partial charge on any atom is -0.461 e. The molecule has 6 heteroatoms. The lowest BCUT2D eigenvalue weighted by atomic mass is 9.53. The Morgan fingerprint density at radius 2 is 2.04 bits per heavy atom. The molecule has 3 fully saturated rings. The summed E-state index contributed by atoms with van der Waals surface area (Å²) in [6, 6.07) is 0. The lowest BCUT2D eigenvalue weighted by Gasteiger charge is -2.50. The highest BCUT2D eigenvalue weighted by molar-refractivity contribution is 5.92. The molecule has 26 heavy (non-hydrogen) atoms. The van der Waals surface area contributed by atoms with Gasteiger partial charge < -0.3 is 14.2 Å². The van der Waals surface area contributed by atoms with Gasteiger partial charge in [-0.15, -0.1) is 0 Å². The molecule has 2 heterocycles. The molecule has 0 bridgehead atoms. The van der Waals surface area contributed by atoms with Gasteiger partial charge in [-0.1, -0.05) is 20.8 Å². The summed E-state index contributed by atoms with van der Waals surface area (Å²) in [6.07, 6.45) is 1.70. The molecule has 6 nitrogen and oxygen atoms in total. The van der Waals surface area contributed by atoms with E-state index in [-0.39, 0.29) is 35.8 Å². The molecule has 4 rings (SSSR count). The van der Waals surface area contributed by atoms with E-state index in [1.54, 1.807) is 6.92 Å². The second kappa shape index (κ2) is 5.83. The van der Waals surface area contributed by atoms with Crippen molar-refractivity contribution in [3.8, 4) is 0 Å². The van der Waals surface area contributed by atoms with Crippen LogP contribution in [-0.4, -0.2) is 36.2 Å². The highest BCUT2D eigenvalue weighted by Gasteiger charge is 2.68. The largest absolute Gasteiger partial charge is 0.461 e. The van der Waals surface area contributed by atoms with Crippen molar-refractivity contribution < 1.29 is 28.6 Å². The molecule has 0 N–H and O–H groups in total. The minimum atomic E-state index is -0.476. The van der Waals surface area contributed by atoms with Gasteiger partial charge >= 0.3 is 17.9 Å². The molecule has 0 spiro atoms. The van der Waals surface area contributed by atoms with Gasteiger partial charge in [0.2, 0.25) is 0 Å². The fourth-order valence-corrected chi connectivity index (χ4v) is 5.37. The zero-order valence-corrected chi connectivity index (χ0v) is 15.7. The molecule has 1 saturated heterocycles. The first-order chi connectivity index (χ1) is 12.3. The Labute approximate surface area is 153 Å². The average Bonchev–Trinajstić information content (AvgIpc) is 3.03. The highest BCUT2D eigenvalue weighted by Crippen LogP contribution is 2.61. The maximum Gasteiger partial charge on any atom is 0.334 e. The Morgan fingerprint density at radius 1 is 1.31 bits per heavy atom. The Morgan fingerprint density at radius 3 is 2.73 bits per heavy atom. The van der Waals surface area contributed by atoms with E-state index in [0.717, 1.165) is 12.0 Å². The predicted octanol–water partition coefficient (Wildman–Crippen LogP) is 2.55. The van der Waals surface area contributed by atoms with Crippen molar-refractivity contribution in [1.82, 2.24) is 0 Å². The number of carbonyl (C=O) groups excluding carboxylic acids is 3. The van der Waals surface area contributed by atoms with Crippen LogP contribution in [0, 0.1) is 23.2 Å². The van der Waals surface area contributed by atoms with Gasteiger partial charge in [0.05, 0.1) is 5.92 Å². The lowest BCUT2D eigenvalue weighted by molar-refractivity contribution is -0.168. The average molecular weight is 362 g/mol. The summed E-state index contributed by atoms with van der Waals surface area (Å²) in [5.74, 6) is -1.34. The van der Waals surface area contributed by atoms with Crippen molar-refractivity contribution in [2.75, 3.05) is 0 Å². The maximum absolute atomic E-state index is 12.8. The van der Waals surface area contributed by atoms with Crippen LogP contribution in [0.3, 0.4) is 0 Å². The Kier molecular flexibility index (Phi) is 3.93. The fraction of sp³-hybridized carbons (Fsp3) is 0.750. The molecule has 4 aliphatic rings. The summed E-state index contributed by atoms with van der Waals surface area (Å²) < 4.78 is 17.1. The molecule has 0 radical (unpaired) electrons.